The Labute approximate surface area is 84.2 Å². The molecule has 1 aliphatic rings. The highest BCUT2D eigenvalue weighted by Gasteiger charge is 2.16. The van der Waals surface area contributed by atoms with E-state index in [0.717, 1.165) is 29.5 Å². The molecule has 0 heterocycles. The highest BCUT2D eigenvalue weighted by molar-refractivity contribution is 5.50. The summed E-state index contributed by atoms with van der Waals surface area (Å²) in [4.78, 5) is 0. The van der Waals surface area contributed by atoms with Crippen molar-refractivity contribution in [3.63, 3.8) is 0 Å². The molecule has 0 bridgehead atoms. The molecule has 14 heavy (non-hydrogen) atoms. The Kier molecular flexibility index (Phi) is 2.46. The Morgan fingerprint density at radius 3 is 2.71 bits per heavy atom. The van der Waals surface area contributed by atoms with Crippen LogP contribution in [-0.4, -0.2) is 10.2 Å². The van der Waals surface area contributed by atoms with Crippen LogP contribution in [0.4, 0.5) is 0 Å². The summed E-state index contributed by atoms with van der Waals surface area (Å²) < 4.78 is 0. The van der Waals surface area contributed by atoms with Crippen molar-refractivity contribution in [2.45, 2.75) is 39.2 Å². The molecule has 0 aliphatic heterocycles. The van der Waals surface area contributed by atoms with Gasteiger partial charge in [-0.1, -0.05) is 6.07 Å². The highest BCUT2D eigenvalue weighted by atomic mass is 16.3. The van der Waals surface area contributed by atoms with Crippen LogP contribution in [0.2, 0.25) is 0 Å². The van der Waals surface area contributed by atoms with Crippen molar-refractivity contribution < 1.29 is 10.2 Å². The molecule has 0 atom stereocenters. The lowest BCUT2D eigenvalue weighted by molar-refractivity contribution is 0.280. The van der Waals surface area contributed by atoms with Crippen LogP contribution >= 0.6 is 0 Å². The van der Waals surface area contributed by atoms with Gasteiger partial charge in [0.25, 0.3) is 0 Å². The van der Waals surface area contributed by atoms with Gasteiger partial charge in [0.05, 0.1) is 6.61 Å². The van der Waals surface area contributed by atoms with E-state index in [1.54, 1.807) is 0 Å². The van der Waals surface area contributed by atoms with Gasteiger partial charge in [0.1, 0.15) is 5.75 Å². The lowest BCUT2D eigenvalue weighted by Crippen LogP contribution is -2.05. The van der Waals surface area contributed by atoms with Crippen LogP contribution in [0.5, 0.6) is 5.75 Å². The van der Waals surface area contributed by atoms with Crippen LogP contribution in [0.25, 0.3) is 0 Å². The van der Waals surface area contributed by atoms with Crippen LogP contribution in [0.15, 0.2) is 6.07 Å². The Morgan fingerprint density at radius 2 is 2.00 bits per heavy atom. The van der Waals surface area contributed by atoms with E-state index in [-0.39, 0.29) is 6.61 Å². The van der Waals surface area contributed by atoms with Gasteiger partial charge >= 0.3 is 0 Å². The number of aryl methyl sites for hydroxylation is 1. The highest BCUT2D eigenvalue weighted by Crippen LogP contribution is 2.33. The zero-order chi connectivity index (χ0) is 10.1. The molecular formula is C12H16O2. The molecule has 0 saturated carbocycles. The molecule has 1 aromatic rings. The third kappa shape index (κ3) is 1.40. The van der Waals surface area contributed by atoms with E-state index in [2.05, 4.69) is 0 Å². The number of fused-ring (bicyclic) bond motifs is 1. The molecule has 0 unspecified atom stereocenters. The topological polar surface area (TPSA) is 40.5 Å². The van der Waals surface area contributed by atoms with Gasteiger partial charge in [0, 0.05) is 0 Å². The summed E-state index contributed by atoms with van der Waals surface area (Å²) in [7, 11) is 0. The van der Waals surface area contributed by atoms with Crippen LogP contribution in [-0.2, 0) is 19.4 Å². The van der Waals surface area contributed by atoms with Gasteiger partial charge in [-0.2, -0.15) is 0 Å². The molecule has 0 radical (unpaired) electrons. The molecule has 0 saturated heterocycles. The summed E-state index contributed by atoms with van der Waals surface area (Å²) in [5.74, 6) is 0.409. The van der Waals surface area contributed by atoms with Crippen molar-refractivity contribution >= 4 is 0 Å². The lowest BCUT2D eigenvalue weighted by Gasteiger charge is -2.20. The Balaban J connectivity index is 2.57. The Hall–Kier alpha value is -1.02. The number of aliphatic hydroxyl groups is 1. The Morgan fingerprint density at radius 1 is 1.29 bits per heavy atom. The summed E-state index contributed by atoms with van der Waals surface area (Å²) >= 11 is 0. The summed E-state index contributed by atoms with van der Waals surface area (Å²) in [6.45, 7) is 1.89. The molecule has 0 aromatic heterocycles. The second-order valence-corrected chi connectivity index (χ2v) is 4.01. The second kappa shape index (κ2) is 3.62. The third-order valence-electron chi connectivity index (χ3n) is 3.15. The predicted octanol–water partition coefficient (Wildman–Crippen LogP) is 2.07. The van der Waals surface area contributed by atoms with Crippen LogP contribution in [0.1, 0.15) is 35.1 Å². The van der Waals surface area contributed by atoms with E-state index in [0.29, 0.717) is 5.75 Å². The van der Waals surface area contributed by atoms with E-state index in [1.807, 2.05) is 13.0 Å². The first-order valence-corrected chi connectivity index (χ1v) is 5.18. The standard InChI is InChI=1S/C12H16O2/c1-8-10(7-13)6-9-4-2-3-5-11(9)12(8)14/h6,13-14H,2-5,7H2,1H3. The number of benzene rings is 1. The van der Waals surface area contributed by atoms with Gasteiger partial charge in [-0.3, -0.25) is 0 Å². The summed E-state index contributed by atoms with van der Waals surface area (Å²) in [5.41, 5.74) is 4.03. The van der Waals surface area contributed by atoms with Crippen LogP contribution in [0, 0.1) is 6.92 Å². The Bertz CT molecular complexity index is 356. The first-order valence-electron chi connectivity index (χ1n) is 5.18. The molecule has 2 nitrogen and oxygen atoms in total. The van der Waals surface area contributed by atoms with Gasteiger partial charge in [0.15, 0.2) is 0 Å². The second-order valence-electron chi connectivity index (χ2n) is 4.01. The molecule has 2 rings (SSSR count). The maximum Gasteiger partial charge on any atom is 0.122 e. The summed E-state index contributed by atoms with van der Waals surface area (Å²) in [5, 5.41) is 19.1. The first kappa shape index (κ1) is 9.53. The van der Waals surface area contributed by atoms with E-state index in [4.69, 9.17) is 5.11 Å². The van der Waals surface area contributed by atoms with Crippen molar-refractivity contribution in [3.8, 4) is 5.75 Å². The molecule has 2 N–H and O–H groups in total. The van der Waals surface area contributed by atoms with Gasteiger partial charge < -0.3 is 10.2 Å². The van der Waals surface area contributed by atoms with E-state index < -0.39 is 0 Å². The minimum absolute atomic E-state index is 0.0205. The molecule has 1 aliphatic carbocycles. The monoisotopic (exact) mass is 192 g/mol. The average molecular weight is 192 g/mol. The smallest absolute Gasteiger partial charge is 0.122 e. The lowest BCUT2D eigenvalue weighted by atomic mass is 9.87. The fourth-order valence-corrected chi connectivity index (χ4v) is 2.22. The van der Waals surface area contributed by atoms with E-state index in [9.17, 15) is 5.11 Å². The molecule has 0 fully saturated rings. The van der Waals surface area contributed by atoms with Crippen molar-refractivity contribution in [2.24, 2.45) is 0 Å². The summed E-state index contributed by atoms with van der Waals surface area (Å²) in [6.07, 6.45) is 4.38. The summed E-state index contributed by atoms with van der Waals surface area (Å²) in [6, 6.07) is 2.05. The minimum Gasteiger partial charge on any atom is -0.507 e. The molecular weight excluding hydrogens is 176 g/mol. The van der Waals surface area contributed by atoms with Crippen molar-refractivity contribution in [3.05, 3.63) is 28.3 Å². The number of aromatic hydroxyl groups is 1. The fourth-order valence-electron chi connectivity index (χ4n) is 2.22. The maximum absolute atomic E-state index is 9.94. The van der Waals surface area contributed by atoms with Gasteiger partial charge in [-0.25, -0.2) is 0 Å². The first-order chi connectivity index (χ1) is 6.74. The average Bonchev–Trinajstić information content (AvgIpc) is 2.23. The van der Waals surface area contributed by atoms with Crippen molar-refractivity contribution in [2.75, 3.05) is 0 Å². The number of rotatable bonds is 1. The fraction of sp³-hybridized carbons (Fsp3) is 0.500. The maximum atomic E-state index is 9.94. The quantitative estimate of drug-likeness (QED) is 0.715. The van der Waals surface area contributed by atoms with E-state index in [1.165, 1.54) is 18.4 Å². The normalized spacial score (nSPS) is 15.3. The molecule has 2 heteroatoms. The zero-order valence-corrected chi connectivity index (χ0v) is 8.51. The number of hydrogen-bond acceptors (Lipinski definition) is 2. The molecule has 0 spiro atoms. The number of phenolic OH excluding ortho intramolecular Hbond substituents is 1. The van der Waals surface area contributed by atoms with E-state index >= 15 is 0 Å². The van der Waals surface area contributed by atoms with Crippen LogP contribution in [0.3, 0.4) is 0 Å². The third-order valence-corrected chi connectivity index (χ3v) is 3.15. The predicted molar refractivity (Wildman–Crippen MR) is 55.4 cm³/mol. The molecule has 76 valence electrons. The van der Waals surface area contributed by atoms with Gasteiger partial charge in [-0.05, 0) is 54.9 Å². The van der Waals surface area contributed by atoms with Gasteiger partial charge in [0.2, 0.25) is 0 Å². The molecule has 1 aromatic carbocycles. The van der Waals surface area contributed by atoms with Crippen molar-refractivity contribution in [1.82, 2.24) is 0 Å². The minimum atomic E-state index is 0.0205. The number of phenols is 1. The largest absolute Gasteiger partial charge is 0.507 e. The van der Waals surface area contributed by atoms with Crippen LogP contribution < -0.4 is 0 Å². The number of hydrogen-bond donors (Lipinski definition) is 2. The number of aliphatic hydroxyl groups excluding tert-OH is 1. The zero-order valence-electron chi connectivity index (χ0n) is 8.51. The van der Waals surface area contributed by atoms with Gasteiger partial charge in [-0.15, -0.1) is 0 Å². The van der Waals surface area contributed by atoms with Crippen molar-refractivity contribution in [1.29, 1.82) is 0 Å². The molecule has 0 amide bonds. The SMILES string of the molecule is Cc1c(CO)cc2c(c1O)CCCC2.